The maximum atomic E-state index is 14.8. The summed E-state index contributed by atoms with van der Waals surface area (Å²) in [5.41, 5.74) is -0.463. The van der Waals surface area contributed by atoms with E-state index >= 15 is 0 Å². The van der Waals surface area contributed by atoms with Crippen LogP contribution in [0.3, 0.4) is 0 Å². The van der Waals surface area contributed by atoms with Crippen LogP contribution in [0.2, 0.25) is 0 Å². The Labute approximate surface area is 182 Å². The van der Waals surface area contributed by atoms with Gasteiger partial charge in [0.15, 0.2) is 5.82 Å². The lowest BCUT2D eigenvalue weighted by Crippen LogP contribution is -2.38. The average molecular weight is 451 g/mol. The molecule has 172 valence electrons. The number of aliphatic hydroxyl groups excluding tert-OH is 1. The monoisotopic (exact) mass is 451 g/mol. The number of halogens is 3. The van der Waals surface area contributed by atoms with Gasteiger partial charge in [0.25, 0.3) is 6.43 Å². The number of alkyl halides is 2. The largest absolute Gasteiger partial charge is 0.507 e. The highest BCUT2D eigenvalue weighted by Crippen LogP contribution is 2.49. The summed E-state index contributed by atoms with van der Waals surface area (Å²) in [6.45, 7) is 0.845. The minimum Gasteiger partial charge on any atom is -0.507 e. The number of nitrogens with one attached hydrogen (secondary N) is 1. The molecule has 1 spiro atoms. The average Bonchev–Trinajstić information content (AvgIpc) is 3.39. The molecular weight excluding hydrogens is 427 g/mol. The first-order chi connectivity index (χ1) is 15.4. The molecule has 3 atom stereocenters. The Hall–Kier alpha value is -2.43. The molecule has 0 radical (unpaired) electrons. The standard InChI is InChI=1S/C22H24F3N3O4/c23-13-7-11(20(24)25)8-16(30)17(13)19-12-9-32-22(5-6-31-10-22)18(12)21(28-27-19)26-14-3-1-2-4-15(14)29/h7-8,14-15,20,29-30H,1-6,9-10H2,(H,26,28)/t14-,15-,22+/m1/s1. The molecule has 1 aromatic heterocycles. The highest BCUT2D eigenvalue weighted by molar-refractivity contribution is 5.74. The molecular formula is C22H24F3N3O4. The van der Waals surface area contributed by atoms with Gasteiger partial charge in [-0.25, -0.2) is 13.2 Å². The van der Waals surface area contributed by atoms with Crippen LogP contribution in [-0.4, -0.2) is 45.8 Å². The maximum absolute atomic E-state index is 14.8. The number of phenols is 1. The number of aromatic nitrogens is 2. The number of ether oxygens (including phenoxy) is 2. The van der Waals surface area contributed by atoms with Crippen molar-refractivity contribution in [3.8, 4) is 17.0 Å². The van der Waals surface area contributed by atoms with E-state index < -0.39 is 35.3 Å². The lowest BCUT2D eigenvalue weighted by molar-refractivity contribution is -0.0418. The number of benzene rings is 1. The molecule has 7 nitrogen and oxygen atoms in total. The van der Waals surface area contributed by atoms with Gasteiger partial charge in [-0.3, -0.25) is 0 Å². The molecule has 1 saturated heterocycles. The first kappa shape index (κ1) is 21.4. The van der Waals surface area contributed by atoms with Gasteiger partial charge in [-0.2, -0.15) is 0 Å². The zero-order chi connectivity index (χ0) is 22.5. The summed E-state index contributed by atoms with van der Waals surface area (Å²) < 4.78 is 52.6. The predicted octanol–water partition coefficient (Wildman–Crippen LogP) is 3.79. The molecule has 3 heterocycles. The van der Waals surface area contributed by atoms with Gasteiger partial charge in [-0.15, -0.1) is 10.2 Å². The van der Waals surface area contributed by atoms with Gasteiger partial charge < -0.3 is 25.0 Å². The van der Waals surface area contributed by atoms with Gasteiger partial charge in [0, 0.05) is 29.7 Å². The van der Waals surface area contributed by atoms with Crippen LogP contribution in [0.15, 0.2) is 12.1 Å². The Bertz CT molecular complexity index is 1010. The summed E-state index contributed by atoms with van der Waals surface area (Å²) in [6, 6.07) is 1.33. The third-order valence-electron chi connectivity index (χ3n) is 6.64. The van der Waals surface area contributed by atoms with Crippen LogP contribution in [0.25, 0.3) is 11.3 Å². The molecule has 3 N–H and O–H groups in total. The zero-order valence-corrected chi connectivity index (χ0v) is 17.3. The summed E-state index contributed by atoms with van der Waals surface area (Å²) in [6.07, 6.45) is 0.504. The van der Waals surface area contributed by atoms with E-state index in [1.807, 2.05) is 0 Å². The summed E-state index contributed by atoms with van der Waals surface area (Å²) >= 11 is 0. The Kier molecular flexibility index (Phi) is 5.47. The van der Waals surface area contributed by atoms with E-state index in [0.29, 0.717) is 42.5 Å². The molecule has 5 rings (SSSR count). The number of aliphatic hydroxyl groups is 1. The molecule has 0 unspecified atom stereocenters. The van der Waals surface area contributed by atoms with Crippen LogP contribution >= 0.6 is 0 Å². The molecule has 0 amide bonds. The number of nitrogens with zero attached hydrogens (tertiary/aromatic N) is 2. The van der Waals surface area contributed by atoms with Crippen molar-refractivity contribution in [2.24, 2.45) is 0 Å². The highest BCUT2D eigenvalue weighted by atomic mass is 19.3. The van der Waals surface area contributed by atoms with Crippen molar-refractivity contribution in [2.45, 2.75) is 62.9 Å². The fraction of sp³-hybridized carbons (Fsp3) is 0.545. The van der Waals surface area contributed by atoms with Crippen LogP contribution in [0, 0.1) is 5.82 Å². The van der Waals surface area contributed by atoms with E-state index in [1.165, 1.54) is 0 Å². The number of anilines is 1. The van der Waals surface area contributed by atoms with Crippen molar-refractivity contribution in [1.29, 1.82) is 0 Å². The normalized spacial score (nSPS) is 27.3. The smallest absolute Gasteiger partial charge is 0.264 e. The van der Waals surface area contributed by atoms with Crippen LogP contribution < -0.4 is 5.32 Å². The summed E-state index contributed by atoms with van der Waals surface area (Å²) in [5, 5.41) is 32.5. The second-order valence-electron chi connectivity index (χ2n) is 8.64. The number of rotatable bonds is 4. The van der Waals surface area contributed by atoms with E-state index in [9.17, 15) is 23.4 Å². The number of hydrogen-bond donors (Lipinski definition) is 3. The Morgan fingerprint density at radius 1 is 1.19 bits per heavy atom. The van der Waals surface area contributed by atoms with Crippen molar-refractivity contribution in [3.05, 3.63) is 34.6 Å². The fourth-order valence-electron chi connectivity index (χ4n) is 4.97. The van der Waals surface area contributed by atoms with Gasteiger partial charge in [-0.1, -0.05) is 12.8 Å². The maximum Gasteiger partial charge on any atom is 0.264 e. The lowest BCUT2D eigenvalue weighted by Gasteiger charge is -2.31. The van der Waals surface area contributed by atoms with Crippen molar-refractivity contribution in [3.63, 3.8) is 0 Å². The molecule has 2 fully saturated rings. The molecule has 10 heteroatoms. The zero-order valence-electron chi connectivity index (χ0n) is 17.3. The Balaban J connectivity index is 1.62. The van der Waals surface area contributed by atoms with Crippen LogP contribution in [0.1, 0.15) is 55.2 Å². The molecule has 2 aliphatic heterocycles. The van der Waals surface area contributed by atoms with Gasteiger partial charge in [0.2, 0.25) is 0 Å². The van der Waals surface area contributed by atoms with E-state index in [4.69, 9.17) is 9.47 Å². The Morgan fingerprint density at radius 2 is 2.00 bits per heavy atom. The second-order valence-corrected chi connectivity index (χ2v) is 8.64. The topological polar surface area (TPSA) is 96.7 Å². The van der Waals surface area contributed by atoms with Crippen LogP contribution in [0.5, 0.6) is 5.75 Å². The molecule has 1 aliphatic carbocycles. The molecule has 1 aromatic carbocycles. The summed E-state index contributed by atoms with van der Waals surface area (Å²) in [7, 11) is 0. The molecule has 3 aliphatic rings. The Morgan fingerprint density at radius 3 is 2.69 bits per heavy atom. The van der Waals surface area contributed by atoms with Crippen molar-refractivity contribution < 1.29 is 32.9 Å². The number of fused-ring (bicyclic) bond motifs is 2. The number of aromatic hydroxyl groups is 1. The lowest BCUT2D eigenvalue weighted by atomic mass is 9.88. The minimum atomic E-state index is -2.92. The third-order valence-corrected chi connectivity index (χ3v) is 6.64. The highest BCUT2D eigenvalue weighted by Gasteiger charge is 2.48. The van der Waals surface area contributed by atoms with Crippen molar-refractivity contribution in [1.82, 2.24) is 10.2 Å². The number of hydrogen-bond acceptors (Lipinski definition) is 7. The number of phenolic OH excluding ortho intramolecular Hbond substituents is 1. The molecule has 1 saturated carbocycles. The van der Waals surface area contributed by atoms with Gasteiger partial charge in [0.1, 0.15) is 22.9 Å². The SMILES string of the molecule is Oc1cc(C(F)F)cc(F)c1-c1nnc(N[C@@H]2CCCC[C@H]2O)c2c1CO[C@]21CCOC1. The van der Waals surface area contributed by atoms with E-state index in [2.05, 4.69) is 15.5 Å². The molecule has 0 bridgehead atoms. The molecule has 32 heavy (non-hydrogen) atoms. The first-order valence-electron chi connectivity index (χ1n) is 10.8. The third kappa shape index (κ3) is 3.50. The van der Waals surface area contributed by atoms with Gasteiger partial charge in [0.05, 0.1) is 30.9 Å². The van der Waals surface area contributed by atoms with Crippen LogP contribution in [-0.2, 0) is 21.7 Å². The second kappa shape index (κ2) is 8.17. The van der Waals surface area contributed by atoms with E-state index in [0.717, 1.165) is 25.3 Å². The van der Waals surface area contributed by atoms with Crippen LogP contribution in [0.4, 0.5) is 19.0 Å². The first-order valence-corrected chi connectivity index (χ1v) is 10.8. The minimum absolute atomic E-state index is 0.0503. The quantitative estimate of drug-likeness (QED) is 0.651. The van der Waals surface area contributed by atoms with Crippen molar-refractivity contribution >= 4 is 5.82 Å². The predicted molar refractivity (Wildman–Crippen MR) is 108 cm³/mol. The van der Waals surface area contributed by atoms with Gasteiger partial charge >= 0.3 is 0 Å². The fourth-order valence-corrected chi connectivity index (χ4v) is 4.97. The summed E-state index contributed by atoms with van der Waals surface area (Å²) in [4.78, 5) is 0. The van der Waals surface area contributed by atoms with E-state index in [-0.39, 0.29) is 30.5 Å². The van der Waals surface area contributed by atoms with E-state index in [1.54, 1.807) is 0 Å². The summed E-state index contributed by atoms with van der Waals surface area (Å²) in [5.74, 6) is -1.21. The van der Waals surface area contributed by atoms with Gasteiger partial charge in [-0.05, 0) is 25.0 Å². The molecule has 2 aromatic rings. The van der Waals surface area contributed by atoms with Crippen molar-refractivity contribution in [2.75, 3.05) is 18.5 Å².